The van der Waals surface area contributed by atoms with Crippen LogP contribution in [0.5, 0.6) is 0 Å². The van der Waals surface area contributed by atoms with Gasteiger partial charge >= 0.3 is 6.11 Å². The molecule has 2 unspecified atom stereocenters. The van der Waals surface area contributed by atoms with Crippen molar-refractivity contribution >= 4 is 0 Å². The van der Waals surface area contributed by atoms with Crippen molar-refractivity contribution in [3.05, 3.63) is 6.43 Å². The van der Waals surface area contributed by atoms with E-state index in [4.69, 9.17) is 25.2 Å². The van der Waals surface area contributed by atoms with E-state index in [-0.39, 0.29) is 46.2 Å². The summed E-state index contributed by atoms with van der Waals surface area (Å²) in [4.78, 5) is 0. The molecule has 0 aromatic carbocycles. The largest absolute Gasteiger partial charge is 0.419 e. The minimum atomic E-state index is -3.88. The van der Waals surface area contributed by atoms with Gasteiger partial charge in [0.1, 0.15) is 25.5 Å². The first-order valence-electron chi connectivity index (χ1n) is 7.73. The van der Waals surface area contributed by atoms with Gasteiger partial charge in [0, 0.05) is 6.43 Å². The number of aliphatic hydroxyl groups excluding tert-OH is 3. The molecule has 0 radical (unpaired) electrons. The van der Waals surface area contributed by atoms with Crippen molar-refractivity contribution < 1.29 is 61.3 Å². The third-order valence-corrected chi connectivity index (χ3v) is 2.18. The van der Waals surface area contributed by atoms with Gasteiger partial charge in [-0.3, -0.25) is 0 Å². The van der Waals surface area contributed by atoms with Gasteiger partial charge in [-0.15, -0.1) is 0 Å². The van der Waals surface area contributed by atoms with E-state index in [2.05, 4.69) is 14.2 Å². The van der Waals surface area contributed by atoms with Crippen LogP contribution in [0.15, 0.2) is 0 Å². The Kier molecular flexibility index (Phi) is 25.3. The summed E-state index contributed by atoms with van der Waals surface area (Å²) in [5, 5.41) is 34.2. The van der Waals surface area contributed by atoms with Crippen LogP contribution in [0.4, 0.5) is 22.0 Å². The Bertz CT molecular complexity index is 320. The van der Waals surface area contributed by atoms with Gasteiger partial charge < -0.3 is 48.2 Å². The third kappa shape index (κ3) is 33.4. The predicted molar refractivity (Wildman–Crippen MR) is 81.0 cm³/mol. The number of hydrogen-bond acceptors (Lipinski definition) is 8. The summed E-state index contributed by atoms with van der Waals surface area (Å²) in [6.45, 7) is -3.65. The first-order chi connectivity index (χ1) is 12.6. The molecule has 8 nitrogen and oxygen atoms in total. The molecule has 0 bridgehead atoms. The van der Waals surface area contributed by atoms with Crippen LogP contribution in [0.3, 0.4) is 0 Å². The number of halogens is 5. The van der Waals surface area contributed by atoms with Crippen LogP contribution in [0.1, 0.15) is 0 Å². The monoisotopic (exact) mass is 951 g/mol. The van der Waals surface area contributed by atoms with E-state index in [1.807, 2.05) is 0 Å². The van der Waals surface area contributed by atoms with E-state index < -0.39 is 44.6 Å². The van der Waals surface area contributed by atoms with Crippen molar-refractivity contribution in [2.45, 2.75) is 18.3 Å². The zero-order valence-electron chi connectivity index (χ0n) is 16.0. The molecular formula is C14H26F5O8Rf2-. The van der Waals surface area contributed by atoms with Gasteiger partial charge in [-0.1, -0.05) is 0 Å². The average Bonchev–Trinajstić information content (AvgIpc) is 2.54. The molecule has 0 saturated heterocycles. The van der Waals surface area contributed by atoms with Gasteiger partial charge in [0.2, 0.25) is 0 Å². The van der Waals surface area contributed by atoms with Crippen LogP contribution in [0.2, 0.25) is 0 Å². The zero-order chi connectivity index (χ0) is 21.1. The number of hydrogen-bond donors (Lipinski definition) is 4. The van der Waals surface area contributed by atoms with Crippen molar-refractivity contribution in [2.75, 3.05) is 66.1 Å². The molecule has 0 aliphatic carbocycles. The van der Waals surface area contributed by atoms with Crippen molar-refractivity contribution in [1.29, 1.82) is 0 Å². The molecule has 0 spiro atoms. The minimum absolute atomic E-state index is 0. The summed E-state index contributed by atoms with van der Waals surface area (Å²) in [5.41, 5.74) is 0. The molecular weight excluding hydrogens is 925 g/mol. The molecule has 4 N–H and O–H groups in total. The minimum Gasteiger partial charge on any atom is -0.419 e. The predicted octanol–water partition coefficient (Wildman–Crippen LogP) is -0.264. The number of alkyl halides is 3. The molecule has 15 heteroatoms. The molecule has 170 valence electrons. The normalized spacial score (nSPS) is 13.0. The Morgan fingerprint density at radius 1 is 0.828 bits per heavy atom. The van der Waals surface area contributed by atoms with E-state index in [1.54, 1.807) is 0 Å². The molecule has 0 fully saturated rings. The second-order valence-corrected chi connectivity index (χ2v) is 4.90. The van der Waals surface area contributed by atoms with Gasteiger partial charge in [0.15, 0.2) is 0 Å². The standard InChI is InChI=1S/C7H12F3O3.C7H14F2O5.2Rf/c8-1-2-12-3-6(11)4-13-5-7(9)10;8-7(9,12)5-14-4-6(11)3-13-2-1-10;;/h6,11H,1-5H2;6,10-12H,1-5H2;;/q-1;;;. The van der Waals surface area contributed by atoms with Gasteiger partial charge in [0.05, 0.1) is 46.2 Å². The molecule has 2 atom stereocenters. The van der Waals surface area contributed by atoms with Gasteiger partial charge in [-0.2, -0.15) is 8.78 Å². The quantitative estimate of drug-likeness (QED) is 0.0952. The molecule has 0 aromatic rings. The van der Waals surface area contributed by atoms with E-state index in [1.165, 1.54) is 0 Å². The molecule has 29 heavy (non-hydrogen) atoms. The Hall–Kier alpha value is -2.67. The van der Waals surface area contributed by atoms with Gasteiger partial charge in [-0.05, 0) is 6.61 Å². The molecule has 0 aliphatic heterocycles. The first kappa shape index (κ1) is 33.9. The number of aliphatic hydroxyl groups is 4. The SMILES string of the molecule is OC(COCCF)COC[C-](F)F.OCCOCC(O)COCC(O)(F)F.[Rf].[Rf]. The molecule has 0 heterocycles. The van der Waals surface area contributed by atoms with E-state index in [0.717, 1.165) is 0 Å². The van der Waals surface area contributed by atoms with Crippen LogP contribution in [0.25, 0.3) is 0 Å². The maximum atomic E-state index is 11.8. The van der Waals surface area contributed by atoms with Crippen LogP contribution in [0, 0.1) is 6.43 Å². The zero-order valence-corrected chi connectivity index (χ0v) is 28.8. The average molecular weight is 951 g/mol. The Morgan fingerprint density at radius 3 is 1.69 bits per heavy atom. The van der Waals surface area contributed by atoms with Crippen molar-refractivity contribution in [3.8, 4) is 0 Å². The fraction of sp³-hybridized carbons (Fsp3) is 0.929. The summed E-state index contributed by atoms with van der Waals surface area (Å²) in [6.07, 6.45) is -7.78. The Morgan fingerprint density at radius 2 is 1.28 bits per heavy atom. The molecule has 0 aliphatic rings. The molecule has 0 aromatic heterocycles. The van der Waals surface area contributed by atoms with Gasteiger partial charge in [-0.25, -0.2) is 4.39 Å². The van der Waals surface area contributed by atoms with Crippen LogP contribution in [-0.2, 0) is 18.9 Å². The summed E-state index contributed by atoms with van der Waals surface area (Å²) < 4.78 is 75.8. The second kappa shape index (κ2) is 21.6. The molecule has 0 amide bonds. The molecule has 0 saturated carbocycles. The third-order valence-electron chi connectivity index (χ3n) is 2.18. The number of rotatable bonds is 16. The van der Waals surface area contributed by atoms with E-state index in [9.17, 15) is 22.0 Å². The summed E-state index contributed by atoms with van der Waals surface area (Å²) in [6, 6.07) is 0. The maximum Gasteiger partial charge on any atom is 0.376 e. The Balaban J connectivity index is -0.000000202. The van der Waals surface area contributed by atoms with Crippen LogP contribution in [-0.4, -0.2) is 105 Å². The van der Waals surface area contributed by atoms with Gasteiger partial charge in [0.25, 0.3) is 0 Å². The summed E-state index contributed by atoms with van der Waals surface area (Å²) in [5.74, 6) is 0. The second-order valence-electron chi connectivity index (χ2n) is 4.90. The van der Waals surface area contributed by atoms with Crippen molar-refractivity contribution in [3.63, 3.8) is 0 Å². The maximum absolute atomic E-state index is 11.8. The van der Waals surface area contributed by atoms with Crippen LogP contribution < -0.4 is 0 Å². The van der Waals surface area contributed by atoms with Crippen molar-refractivity contribution in [1.82, 2.24) is 0 Å². The Labute approximate surface area is 153 Å². The topological polar surface area (TPSA) is 118 Å². The number of ether oxygens (including phenoxy) is 4. The van der Waals surface area contributed by atoms with E-state index >= 15 is 0 Å². The fourth-order valence-electron chi connectivity index (χ4n) is 1.24. The summed E-state index contributed by atoms with van der Waals surface area (Å²) >= 11 is 0. The summed E-state index contributed by atoms with van der Waals surface area (Å²) in [7, 11) is 0. The smallest absolute Gasteiger partial charge is 0.376 e. The van der Waals surface area contributed by atoms with E-state index in [0.29, 0.717) is 0 Å². The fourth-order valence-corrected chi connectivity index (χ4v) is 1.24. The first-order valence-corrected chi connectivity index (χ1v) is 7.73. The molecule has 0 rings (SSSR count). The van der Waals surface area contributed by atoms with Crippen LogP contribution >= 0.6 is 0 Å². The van der Waals surface area contributed by atoms with Crippen molar-refractivity contribution in [2.24, 2.45) is 0 Å².